The van der Waals surface area contributed by atoms with Gasteiger partial charge in [0.15, 0.2) is 0 Å². The molecule has 0 spiro atoms. The molecule has 18 heavy (non-hydrogen) atoms. The standard InChI is InChI=1S/C16H18O2/c1-11-3-5-15(13(7-11)9-17)16-6-4-12(2)8-14(16)10-18/h3-8,17-18H,9-10H2,1-2H3. The highest BCUT2D eigenvalue weighted by Gasteiger charge is 2.09. The van der Waals surface area contributed by atoms with Gasteiger partial charge in [-0.1, -0.05) is 47.5 Å². The molecule has 0 aliphatic rings. The van der Waals surface area contributed by atoms with E-state index in [0.717, 1.165) is 33.4 Å². The van der Waals surface area contributed by atoms with Crippen LogP contribution in [0.5, 0.6) is 0 Å². The van der Waals surface area contributed by atoms with Gasteiger partial charge in [-0.15, -0.1) is 0 Å². The van der Waals surface area contributed by atoms with Crippen molar-refractivity contribution in [2.45, 2.75) is 27.1 Å². The number of rotatable bonds is 3. The lowest BCUT2D eigenvalue weighted by atomic mass is 9.93. The Morgan fingerprint density at radius 1 is 0.722 bits per heavy atom. The van der Waals surface area contributed by atoms with E-state index >= 15 is 0 Å². The average molecular weight is 242 g/mol. The lowest BCUT2D eigenvalue weighted by Gasteiger charge is -2.13. The fraction of sp³-hybridized carbons (Fsp3) is 0.250. The lowest BCUT2D eigenvalue weighted by Crippen LogP contribution is -1.95. The zero-order valence-corrected chi connectivity index (χ0v) is 10.8. The predicted octanol–water partition coefficient (Wildman–Crippen LogP) is 2.96. The molecule has 94 valence electrons. The van der Waals surface area contributed by atoms with E-state index in [1.165, 1.54) is 0 Å². The Morgan fingerprint density at radius 3 is 1.44 bits per heavy atom. The molecule has 2 aromatic carbocycles. The zero-order chi connectivity index (χ0) is 13.1. The predicted molar refractivity (Wildman–Crippen MR) is 73.2 cm³/mol. The summed E-state index contributed by atoms with van der Waals surface area (Å²) in [5, 5.41) is 18.9. The van der Waals surface area contributed by atoms with Gasteiger partial charge >= 0.3 is 0 Å². The summed E-state index contributed by atoms with van der Waals surface area (Å²) >= 11 is 0. The molecule has 2 rings (SSSR count). The molecule has 0 aliphatic heterocycles. The molecule has 0 aromatic heterocycles. The van der Waals surface area contributed by atoms with E-state index in [-0.39, 0.29) is 13.2 Å². The van der Waals surface area contributed by atoms with Gasteiger partial charge in [-0.2, -0.15) is 0 Å². The summed E-state index contributed by atoms with van der Waals surface area (Å²) in [7, 11) is 0. The van der Waals surface area contributed by atoms with Crippen molar-refractivity contribution in [1.82, 2.24) is 0 Å². The third-order valence-electron chi connectivity index (χ3n) is 3.15. The van der Waals surface area contributed by atoms with Crippen molar-refractivity contribution in [1.29, 1.82) is 0 Å². The van der Waals surface area contributed by atoms with Gasteiger partial charge in [-0.3, -0.25) is 0 Å². The van der Waals surface area contributed by atoms with E-state index in [1.807, 2.05) is 50.2 Å². The van der Waals surface area contributed by atoms with Crippen LogP contribution in [0.25, 0.3) is 11.1 Å². The normalized spacial score (nSPS) is 10.7. The van der Waals surface area contributed by atoms with Crippen LogP contribution >= 0.6 is 0 Å². The monoisotopic (exact) mass is 242 g/mol. The third-order valence-corrected chi connectivity index (χ3v) is 3.15. The van der Waals surface area contributed by atoms with E-state index < -0.39 is 0 Å². The first-order chi connectivity index (χ1) is 8.65. The number of aliphatic hydroxyl groups excluding tert-OH is 2. The Bertz CT molecular complexity index is 508. The van der Waals surface area contributed by atoms with Crippen LogP contribution in [-0.2, 0) is 13.2 Å². The van der Waals surface area contributed by atoms with Crippen LogP contribution in [0, 0.1) is 13.8 Å². The quantitative estimate of drug-likeness (QED) is 0.868. The maximum absolute atomic E-state index is 9.46. The largest absolute Gasteiger partial charge is 0.392 e. The molecule has 0 unspecified atom stereocenters. The number of hydrogen-bond acceptors (Lipinski definition) is 2. The summed E-state index contributed by atoms with van der Waals surface area (Å²) in [6, 6.07) is 12.0. The molecule has 2 aromatic rings. The first-order valence-electron chi connectivity index (χ1n) is 6.07. The molecule has 0 amide bonds. The van der Waals surface area contributed by atoms with Gasteiger partial charge in [0, 0.05) is 0 Å². The van der Waals surface area contributed by atoms with Crippen LogP contribution in [-0.4, -0.2) is 10.2 Å². The van der Waals surface area contributed by atoms with Gasteiger partial charge in [0.1, 0.15) is 0 Å². The topological polar surface area (TPSA) is 40.5 Å². The van der Waals surface area contributed by atoms with Crippen molar-refractivity contribution in [2.24, 2.45) is 0 Å². The van der Waals surface area contributed by atoms with Crippen LogP contribution in [0.1, 0.15) is 22.3 Å². The molecule has 2 N–H and O–H groups in total. The highest BCUT2D eigenvalue weighted by Crippen LogP contribution is 2.29. The highest BCUT2D eigenvalue weighted by atomic mass is 16.3. The Morgan fingerprint density at radius 2 is 1.11 bits per heavy atom. The van der Waals surface area contributed by atoms with E-state index in [9.17, 15) is 10.2 Å². The Balaban J connectivity index is 2.61. The Kier molecular flexibility index (Phi) is 3.80. The van der Waals surface area contributed by atoms with Crippen LogP contribution in [0.3, 0.4) is 0 Å². The van der Waals surface area contributed by atoms with Gasteiger partial charge in [-0.25, -0.2) is 0 Å². The molecule has 2 nitrogen and oxygen atoms in total. The van der Waals surface area contributed by atoms with Gasteiger partial charge in [-0.05, 0) is 36.1 Å². The molecule has 0 fully saturated rings. The molecular formula is C16H18O2. The van der Waals surface area contributed by atoms with Crippen LogP contribution in [0.2, 0.25) is 0 Å². The van der Waals surface area contributed by atoms with Gasteiger partial charge < -0.3 is 10.2 Å². The second kappa shape index (κ2) is 5.34. The number of aryl methyl sites for hydroxylation is 2. The summed E-state index contributed by atoms with van der Waals surface area (Å²) in [4.78, 5) is 0. The van der Waals surface area contributed by atoms with Crippen LogP contribution < -0.4 is 0 Å². The lowest BCUT2D eigenvalue weighted by molar-refractivity contribution is 0.280. The van der Waals surface area contributed by atoms with Crippen molar-refractivity contribution in [2.75, 3.05) is 0 Å². The molecule has 0 saturated heterocycles. The molecule has 0 bridgehead atoms. The fourth-order valence-electron chi connectivity index (χ4n) is 2.23. The SMILES string of the molecule is Cc1ccc(-c2ccc(C)cc2CO)c(CO)c1. The van der Waals surface area contributed by atoms with Gasteiger partial charge in [0.2, 0.25) is 0 Å². The van der Waals surface area contributed by atoms with Crippen molar-refractivity contribution < 1.29 is 10.2 Å². The van der Waals surface area contributed by atoms with Crippen molar-refractivity contribution in [3.63, 3.8) is 0 Å². The molecule has 2 heteroatoms. The van der Waals surface area contributed by atoms with Crippen LogP contribution in [0.15, 0.2) is 36.4 Å². The van der Waals surface area contributed by atoms with Gasteiger partial charge in [0.25, 0.3) is 0 Å². The van der Waals surface area contributed by atoms with Crippen molar-refractivity contribution in [3.05, 3.63) is 58.7 Å². The highest BCUT2D eigenvalue weighted by molar-refractivity contribution is 5.71. The molecule has 0 radical (unpaired) electrons. The minimum absolute atomic E-state index is 0.00968. The maximum atomic E-state index is 9.46. The number of benzene rings is 2. The van der Waals surface area contributed by atoms with E-state index in [4.69, 9.17) is 0 Å². The Labute approximate surface area is 108 Å². The summed E-state index contributed by atoms with van der Waals surface area (Å²) in [5.74, 6) is 0. The molecule has 0 atom stereocenters. The first-order valence-corrected chi connectivity index (χ1v) is 6.07. The second-order valence-electron chi connectivity index (χ2n) is 4.64. The minimum atomic E-state index is 0.00968. The van der Waals surface area contributed by atoms with Crippen molar-refractivity contribution >= 4 is 0 Å². The second-order valence-corrected chi connectivity index (χ2v) is 4.64. The zero-order valence-electron chi connectivity index (χ0n) is 10.8. The fourth-order valence-corrected chi connectivity index (χ4v) is 2.23. The maximum Gasteiger partial charge on any atom is 0.0687 e. The summed E-state index contributed by atoms with van der Waals surface area (Å²) < 4.78 is 0. The number of aliphatic hydroxyl groups is 2. The van der Waals surface area contributed by atoms with E-state index in [0.29, 0.717) is 0 Å². The summed E-state index contributed by atoms with van der Waals surface area (Å²) in [5.41, 5.74) is 6.03. The molecule has 0 heterocycles. The smallest absolute Gasteiger partial charge is 0.0687 e. The van der Waals surface area contributed by atoms with Gasteiger partial charge in [0.05, 0.1) is 13.2 Å². The molecular weight excluding hydrogens is 224 g/mol. The summed E-state index contributed by atoms with van der Waals surface area (Å²) in [6.07, 6.45) is 0. The molecule has 0 aliphatic carbocycles. The third kappa shape index (κ3) is 2.45. The average Bonchev–Trinajstić information content (AvgIpc) is 2.38. The van der Waals surface area contributed by atoms with E-state index in [2.05, 4.69) is 0 Å². The summed E-state index contributed by atoms with van der Waals surface area (Å²) in [6.45, 7) is 4.03. The first kappa shape index (κ1) is 12.8. The van der Waals surface area contributed by atoms with Crippen molar-refractivity contribution in [3.8, 4) is 11.1 Å². The van der Waals surface area contributed by atoms with E-state index in [1.54, 1.807) is 0 Å². The minimum Gasteiger partial charge on any atom is -0.392 e. The number of hydrogen-bond donors (Lipinski definition) is 2. The Hall–Kier alpha value is -1.64. The molecule has 0 saturated carbocycles. The van der Waals surface area contributed by atoms with Crippen LogP contribution in [0.4, 0.5) is 0 Å².